The van der Waals surface area contributed by atoms with E-state index < -0.39 is 45.0 Å². The Morgan fingerprint density at radius 3 is 1.41 bits per heavy atom. The third-order valence-corrected chi connectivity index (χ3v) is 16.9. The fraction of sp³-hybridized carbons (Fsp3) is 0.294. The number of hydrogen-bond donors (Lipinski definition) is 2. The molecule has 0 spiro atoms. The Kier molecular flexibility index (Phi) is 24.5. The number of aromatic nitrogens is 4. The lowest BCUT2D eigenvalue weighted by Gasteiger charge is -2.10. The van der Waals surface area contributed by atoms with Crippen molar-refractivity contribution < 1.29 is 45.7 Å². The van der Waals surface area contributed by atoms with Crippen molar-refractivity contribution >= 4 is 56.9 Å². The van der Waals surface area contributed by atoms with Crippen LogP contribution >= 0.6 is 0 Å². The predicted molar refractivity (Wildman–Crippen MR) is 338 cm³/mol. The maximum absolute atomic E-state index is 14.9. The maximum Gasteiger partial charge on any atom is 0.248 e. The first-order chi connectivity index (χ1) is 41.8. The molecule has 86 heavy (non-hydrogen) atoms. The minimum absolute atomic E-state index is 0.262. The number of unbranched alkanes of at least 4 members (excludes halogenated alkanes) is 4. The smallest absolute Gasteiger partial charge is 0.248 e. The van der Waals surface area contributed by atoms with Gasteiger partial charge in [-0.2, -0.15) is 0 Å². The number of ether oxygens (including phenoxy) is 4. The number of benzene rings is 6. The lowest BCUT2D eigenvalue weighted by Crippen LogP contribution is -2.09. The molecule has 0 bridgehead atoms. The van der Waals surface area contributed by atoms with E-state index in [9.17, 15) is 26.8 Å². The highest BCUT2D eigenvalue weighted by Crippen LogP contribution is 2.28. The summed E-state index contributed by atoms with van der Waals surface area (Å²) in [5.74, 6) is 0.273. The van der Waals surface area contributed by atoms with E-state index in [1.54, 1.807) is 85.5 Å². The molecule has 0 aliphatic carbocycles. The molecule has 0 saturated carbocycles. The molecule has 0 unspecified atom stereocenters. The summed E-state index contributed by atoms with van der Waals surface area (Å²) < 4.78 is 83.5. The number of imidazole rings is 2. The Bertz CT molecular complexity index is 3610. The molecule has 0 aliphatic heterocycles. The molecule has 2 N–H and O–H groups in total. The second-order valence-electron chi connectivity index (χ2n) is 20.4. The number of carbonyl (C=O) groups excluding carboxylic acids is 2. The molecule has 8 aromatic rings. The Morgan fingerprint density at radius 1 is 0.512 bits per heavy atom. The molecular formula is C68H74F2N6O8S2. The summed E-state index contributed by atoms with van der Waals surface area (Å²) in [4.78, 5) is 35.8. The monoisotopic (exact) mass is 1200 g/mol. The van der Waals surface area contributed by atoms with Gasteiger partial charge in [0.2, 0.25) is 11.8 Å². The van der Waals surface area contributed by atoms with Crippen molar-refractivity contribution in [1.29, 1.82) is 0 Å². The van der Waals surface area contributed by atoms with Crippen molar-refractivity contribution in [2.45, 2.75) is 101 Å². The van der Waals surface area contributed by atoms with Gasteiger partial charge in [0.15, 0.2) is 0 Å². The van der Waals surface area contributed by atoms with Gasteiger partial charge in [-0.25, -0.2) is 18.7 Å². The van der Waals surface area contributed by atoms with Gasteiger partial charge < -0.3 is 38.7 Å². The third-order valence-electron chi connectivity index (χ3n) is 14.2. The van der Waals surface area contributed by atoms with Gasteiger partial charge in [-0.1, -0.05) is 62.6 Å². The first-order valence-corrected chi connectivity index (χ1v) is 31.6. The van der Waals surface area contributed by atoms with Gasteiger partial charge in [0.05, 0.1) is 81.7 Å². The van der Waals surface area contributed by atoms with E-state index in [2.05, 4.69) is 32.1 Å². The fourth-order valence-corrected chi connectivity index (χ4v) is 11.7. The van der Waals surface area contributed by atoms with Crippen LogP contribution in [-0.4, -0.2) is 79.0 Å². The van der Waals surface area contributed by atoms with Gasteiger partial charge >= 0.3 is 0 Å². The molecule has 0 saturated heterocycles. The number of anilines is 2. The zero-order valence-electron chi connectivity index (χ0n) is 49.1. The fourth-order valence-electron chi connectivity index (χ4n) is 9.27. The second-order valence-corrected chi connectivity index (χ2v) is 23.3. The molecule has 2 heterocycles. The minimum atomic E-state index is -1.36. The summed E-state index contributed by atoms with van der Waals surface area (Å²) in [6, 6.07) is 38.3. The Balaban J connectivity index is 0.689. The largest absolute Gasteiger partial charge is 0.491 e. The topological polar surface area (TPSA) is 165 Å². The van der Waals surface area contributed by atoms with Crippen molar-refractivity contribution in [3.63, 3.8) is 0 Å². The van der Waals surface area contributed by atoms with Crippen LogP contribution in [0.3, 0.4) is 0 Å². The minimum Gasteiger partial charge on any atom is -0.491 e. The molecule has 0 fully saturated rings. The summed E-state index contributed by atoms with van der Waals surface area (Å²) in [6.07, 6.45) is 14.9. The van der Waals surface area contributed by atoms with Crippen molar-refractivity contribution in [2.24, 2.45) is 0 Å². The molecule has 0 radical (unpaired) electrons. The molecule has 2 amide bonds. The number of aryl methyl sites for hydroxylation is 4. The van der Waals surface area contributed by atoms with E-state index in [4.69, 9.17) is 18.9 Å². The third kappa shape index (κ3) is 19.2. The number of nitrogens with one attached hydrogen (secondary N) is 2. The van der Waals surface area contributed by atoms with Gasteiger partial charge in [0.1, 0.15) is 36.3 Å². The highest BCUT2D eigenvalue weighted by molar-refractivity contribution is 7.84. The number of amides is 2. The average Bonchev–Trinajstić information content (AvgIpc) is 3.60. The van der Waals surface area contributed by atoms with Crippen molar-refractivity contribution in [1.82, 2.24) is 19.1 Å². The molecule has 14 nitrogen and oxygen atoms in total. The first-order valence-electron chi connectivity index (χ1n) is 29.0. The summed E-state index contributed by atoms with van der Waals surface area (Å²) in [5, 5.41) is 5.59. The van der Waals surface area contributed by atoms with Gasteiger partial charge in [0, 0.05) is 70.7 Å². The average molecular weight is 1210 g/mol. The van der Waals surface area contributed by atoms with Crippen LogP contribution in [0.5, 0.6) is 11.5 Å². The van der Waals surface area contributed by atoms with Crippen molar-refractivity contribution in [3.8, 4) is 33.8 Å². The van der Waals surface area contributed by atoms with Crippen LogP contribution in [0.25, 0.3) is 34.4 Å². The van der Waals surface area contributed by atoms with E-state index in [1.165, 1.54) is 36.4 Å². The highest BCUT2D eigenvalue weighted by atomic mass is 32.2. The number of nitrogens with zero attached hydrogens (tertiary/aromatic N) is 4. The molecule has 2 atom stereocenters. The summed E-state index contributed by atoms with van der Waals surface area (Å²) in [5.41, 5.74) is 8.43. The normalized spacial score (nSPS) is 12.2. The van der Waals surface area contributed by atoms with Crippen LogP contribution in [0.2, 0.25) is 0 Å². The molecule has 6 aromatic carbocycles. The van der Waals surface area contributed by atoms with Gasteiger partial charge in [-0.15, -0.1) is 0 Å². The summed E-state index contributed by atoms with van der Waals surface area (Å²) in [6.45, 7) is 12.6. The van der Waals surface area contributed by atoms with E-state index >= 15 is 0 Å². The van der Waals surface area contributed by atoms with E-state index in [0.717, 1.165) is 109 Å². The zero-order chi connectivity index (χ0) is 60.6. The Morgan fingerprint density at radius 2 is 0.942 bits per heavy atom. The Hall–Kier alpha value is -8.16. The van der Waals surface area contributed by atoms with Gasteiger partial charge in [-0.05, 0) is 172 Å². The van der Waals surface area contributed by atoms with Crippen LogP contribution in [-0.2, 0) is 65.3 Å². The molecule has 0 aliphatic rings. The summed E-state index contributed by atoms with van der Waals surface area (Å²) >= 11 is 0. The molecular weight excluding hydrogens is 1130 g/mol. The standard InChI is InChI=1S/C68H74F2N6O8S2/c1-5-7-37-81-39-41-83-59-24-12-51(13-25-59)53-16-32-63(69)56(43-53)19-35-68(78)74-58-22-30-62(31-23-58)86(80)46-66-50(4)72-48-76(66)36-10-8-9-11-38-82-40-42-84-60-26-14-52(15-27-60)54-17-33-64(70)55(44-54)18-34-67(77)73-57-20-28-61(29-21-57)85(79)45-65-49(3)71-47-75(65)6-2/h12-35,43-44,47-48H,5-11,36-42,45-46H2,1-4H3,(H,73,77)(H,74,78)/b34-18+,35-19+/t85-,86+/m0/s1. The number of hydrogen-bond acceptors (Lipinski definition) is 10. The first kappa shape index (κ1) is 63.9. The van der Waals surface area contributed by atoms with Crippen LogP contribution in [0, 0.1) is 25.5 Å². The molecule has 2 aromatic heterocycles. The second kappa shape index (κ2) is 32.9. The zero-order valence-corrected chi connectivity index (χ0v) is 50.7. The highest BCUT2D eigenvalue weighted by Gasteiger charge is 2.16. The lowest BCUT2D eigenvalue weighted by atomic mass is 10.0. The van der Waals surface area contributed by atoms with E-state index in [0.29, 0.717) is 71.5 Å². The van der Waals surface area contributed by atoms with Crippen molar-refractivity contribution in [3.05, 3.63) is 204 Å². The van der Waals surface area contributed by atoms with Crippen LogP contribution in [0.1, 0.15) is 86.3 Å². The molecule has 8 rings (SSSR count). The SMILES string of the molecule is CCCCOCCOc1ccc(-c2ccc(F)c(/C=C/C(=O)Nc3ccc([S@](=O)Cc4c(C)ncn4CCCCCCOCCOc4ccc(-c5ccc(F)c(/C=C/C(=O)Nc6ccc([S@@](=O)Cc7c(C)ncn7CC)cc6)c5)cc4)cc3)c2)cc1. The van der Waals surface area contributed by atoms with Gasteiger partial charge in [0.25, 0.3) is 0 Å². The van der Waals surface area contributed by atoms with Crippen LogP contribution in [0.4, 0.5) is 20.2 Å². The Labute approximate surface area is 507 Å². The van der Waals surface area contributed by atoms with Gasteiger partial charge in [-0.3, -0.25) is 18.0 Å². The summed E-state index contributed by atoms with van der Waals surface area (Å²) in [7, 11) is -2.64. The van der Waals surface area contributed by atoms with Crippen molar-refractivity contribution in [2.75, 3.05) is 50.3 Å². The lowest BCUT2D eigenvalue weighted by molar-refractivity contribution is -0.112. The maximum atomic E-state index is 14.9. The number of carbonyl (C=O) groups is 2. The molecule has 450 valence electrons. The van der Waals surface area contributed by atoms with E-state index in [1.807, 2.05) is 73.9 Å². The quantitative estimate of drug-likeness (QED) is 0.0299. The van der Waals surface area contributed by atoms with E-state index in [-0.39, 0.29) is 11.1 Å². The molecule has 18 heteroatoms. The van der Waals surface area contributed by atoms with Crippen LogP contribution < -0.4 is 20.1 Å². The predicted octanol–water partition coefficient (Wildman–Crippen LogP) is 14.1. The number of halogens is 2. The van der Waals surface area contributed by atoms with Crippen LogP contribution in [0.15, 0.2) is 168 Å². The number of rotatable bonds is 33.